The van der Waals surface area contributed by atoms with E-state index >= 15 is 0 Å². The molecule has 1 fully saturated rings. The SMILES string of the molecule is O=C(O)CN(C(=O)c1ccc(OCC(F)(F)F)cc1)C1CC1. The second-order valence-electron chi connectivity index (χ2n) is 4.99. The molecule has 1 aliphatic carbocycles. The lowest BCUT2D eigenvalue weighted by molar-refractivity contribution is -0.153. The first-order valence-corrected chi connectivity index (χ1v) is 6.58. The fourth-order valence-corrected chi connectivity index (χ4v) is 1.92. The van der Waals surface area contributed by atoms with E-state index in [0.717, 1.165) is 12.8 Å². The van der Waals surface area contributed by atoms with Crippen molar-refractivity contribution < 1.29 is 32.6 Å². The fraction of sp³-hybridized carbons (Fsp3) is 0.429. The van der Waals surface area contributed by atoms with Crippen molar-refractivity contribution in [2.75, 3.05) is 13.2 Å². The maximum absolute atomic E-state index is 12.2. The van der Waals surface area contributed by atoms with E-state index in [1.54, 1.807) is 0 Å². The van der Waals surface area contributed by atoms with Gasteiger partial charge in [-0.1, -0.05) is 0 Å². The van der Waals surface area contributed by atoms with Gasteiger partial charge in [0.25, 0.3) is 5.91 Å². The van der Waals surface area contributed by atoms with Gasteiger partial charge >= 0.3 is 12.1 Å². The van der Waals surface area contributed by atoms with E-state index < -0.39 is 31.2 Å². The highest BCUT2D eigenvalue weighted by atomic mass is 19.4. The Hall–Kier alpha value is -2.25. The summed E-state index contributed by atoms with van der Waals surface area (Å²) in [7, 11) is 0. The minimum Gasteiger partial charge on any atom is -0.484 e. The number of nitrogens with zero attached hydrogens (tertiary/aromatic N) is 1. The quantitative estimate of drug-likeness (QED) is 0.874. The number of hydrogen-bond acceptors (Lipinski definition) is 3. The van der Waals surface area contributed by atoms with E-state index in [0.29, 0.717) is 0 Å². The molecule has 0 aromatic heterocycles. The molecule has 0 bridgehead atoms. The first-order chi connectivity index (χ1) is 10.3. The predicted octanol–water partition coefficient (Wildman–Crippen LogP) is 2.32. The molecule has 0 unspecified atom stereocenters. The van der Waals surface area contributed by atoms with E-state index in [9.17, 15) is 22.8 Å². The molecule has 0 spiro atoms. The summed E-state index contributed by atoms with van der Waals surface area (Å²) in [4.78, 5) is 24.3. The van der Waals surface area contributed by atoms with Crippen molar-refractivity contribution >= 4 is 11.9 Å². The Labute approximate surface area is 124 Å². The van der Waals surface area contributed by atoms with Gasteiger partial charge in [0.2, 0.25) is 0 Å². The van der Waals surface area contributed by atoms with E-state index in [2.05, 4.69) is 4.74 Å². The normalized spacial score (nSPS) is 14.5. The standard InChI is InChI=1S/C14H14F3NO4/c15-14(16,17)8-22-11-5-1-9(2-6-11)13(21)18(7-12(19)20)10-3-4-10/h1-2,5-6,10H,3-4,7-8H2,(H,19,20). The maximum Gasteiger partial charge on any atom is 0.422 e. The van der Waals surface area contributed by atoms with Crippen molar-refractivity contribution in [1.82, 2.24) is 4.90 Å². The van der Waals surface area contributed by atoms with Crippen LogP contribution >= 0.6 is 0 Å². The molecule has 1 saturated carbocycles. The van der Waals surface area contributed by atoms with Crippen LogP contribution in [0.1, 0.15) is 23.2 Å². The molecule has 1 aromatic carbocycles. The maximum atomic E-state index is 12.2. The van der Waals surface area contributed by atoms with Crippen molar-refractivity contribution in [3.05, 3.63) is 29.8 Å². The zero-order chi connectivity index (χ0) is 16.3. The Morgan fingerprint density at radius 1 is 1.23 bits per heavy atom. The Morgan fingerprint density at radius 3 is 2.27 bits per heavy atom. The topological polar surface area (TPSA) is 66.8 Å². The molecule has 8 heteroatoms. The summed E-state index contributed by atoms with van der Waals surface area (Å²) in [6.45, 7) is -1.80. The number of aliphatic carboxylic acids is 1. The van der Waals surface area contributed by atoms with Gasteiger partial charge in [0.05, 0.1) is 0 Å². The van der Waals surface area contributed by atoms with Gasteiger partial charge in [0, 0.05) is 11.6 Å². The molecule has 1 aliphatic rings. The Morgan fingerprint density at radius 2 is 1.82 bits per heavy atom. The summed E-state index contributed by atoms with van der Waals surface area (Å²) in [6.07, 6.45) is -2.92. The number of alkyl halides is 3. The number of amides is 1. The van der Waals surface area contributed by atoms with E-state index in [1.807, 2.05) is 0 Å². The van der Waals surface area contributed by atoms with Crippen LogP contribution in [0, 0.1) is 0 Å². The molecule has 1 amide bonds. The average Bonchev–Trinajstić information content (AvgIpc) is 3.26. The van der Waals surface area contributed by atoms with Crippen LogP contribution in [0.2, 0.25) is 0 Å². The summed E-state index contributed by atoms with van der Waals surface area (Å²) < 4.78 is 40.6. The van der Waals surface area contributed by atoms with Crippen LogP contribution in [0.4, 0.5) is 13.2 Å². The van der Waals surface area contributed by atoms with Crippen molar-refractivity contribution in [1.29, 1.82) is 0 Å². The first-order valence-electron chi connectivity index (χ1n) is 6.58. The summed E-state index contributed by atoms with van der Waals surface area (Å²) in [5, 5.41) is 8.83. The van der Waals surface area contributed by atoms with Gasteiger partial charge in [0.1, 0.15) is 12.3 Å². The molecule has 1 aromatic rings. The summed E-state index contributed by atoms with van der Waals surface area (Å²) in [5.74, 6) is -1.57. The lowest BCUT2D eigenvalue weighted by atomic mass is 10.2. The summed E-state index contributed by atoms with van der Waals surface area (Å²) in [5.41, 5.74) is 0.215. The number of carboxylic acids is 1. The number of halogens is 3. The van der Waals surface area contributed by atoms with Gasteiger partial charge in [-0.3, -0.25) is 9.59 Å². The van der Waals surface area contributed by atoms with Gasteiger partial charge in [-0.15, -0.1) is 0 Å². The highest BCUT2D eigenvalue weighted by Gasteiger charge is 2.34. The number of rotatable bonds is 6. The lowest BCUT2D eigenvalue weighted by Gasteiger charge is -2.20. The number of carbonyl (C=O) groups excluding carboxylic acids is 1. The monoisotopic (exact) mass is 317 g/mol. The number of hydrogen-bond donors (Lipinski definition) is 1. The minimum atomic E-state index is -4.43. The van der Waals surface area contributed by atoms with Crippen LogP contribution in [0.15, 0.2) is 24.3 Å². The summed E-state index contributed by atoms with van der Waals surface area (Å²) in [6, 6.07) is 5.08. The Kier molecular flexibility index (Phi) is 4.58. The fourth-order valence-electron chi connectivity index (χ4n) is 1.92. The third-order valence-electron chi connectivity index (χ3n) is 3.06. The number of carbonyl (C=O) groups is 2. The second-order valence-corrected chi connectivity index (χ2v) is 4.99. The molecule has 0 radical (unpaired) electrons. The van der Waals surface area contributed by atoms with Crippen molar-refractivity contribution in [2.24, 2.45) is 0 Å². The van der Waals surface area contributed by atoms with Crippen molar-refractivity contribution in [3.8, 4) is 5.75 Å². The average molecular weight is 317 g/mol. The third kappa shape index (κ3) is 4.64. The van der Waals surface area contributed by atoms with Crippen LogP contribution in [0.3, 0.4) is 0 Å². The van der Waals surface area contributed by atoms with Crippen LogP contribution in [0.25, 0.3) is 0 Å². The zero-order valence-electron chi connectivity index (χ0n) is 11.5. The smallest absolute Gasteiger partial charge is 0.422 e. The van der Waals surface area contributed by atoms with Gasteiger partial charge in [0.15, 0.2) is 6.61 Å². The van der Waals surface area contributed by atoms with Crippen molar-refractivity contribution in [3.63, 3.8) is 0 Å². The van der Waals surface area contributed by atoms with Crippen LogP contribution in [0.5, 0.6) is 5.75 Å². The van der Waals surface area contributed by atoms with Gasteiger partial charge in [-0.05, 0) is 37.1 Å². The molecule has 120 valence electrons. The highest BCUT2D eigenvalue weighted by Crippen LogP contribution is 2.28. The van der Waals surface area contributed by atoms with Crippen LogP contribution < -0.4 is 4.74 Å². The molecule has 5 nitrogen and oxygen atoms in total. The molecule has 0 saturated heterocycles. The predicted molar refractivity (Wildman–Crippen MR) is 69.7 cm³/mol. The highest BCUT2D eigenvalue weighted by molar-refractivity contribution is 5.96. The first kappa shape index (κ1) is 16.1. The molecule has 22 heavy (non-hydrogen) atoms. The second kappa shape index (κ2) is 6.25. The summed E-state index contributed by atoms with van der Waals surface area (Å²) >= 11 is 0. The Balaban J connectivity index is 2.02. The molecule has 0 heterocycles. The number of ether oxygens (including phenoxy) is 1. The van der Waals surface area contributed by atoms with Gasteiger partial charge in [-0.2, -0.15) is 13.2 Å². The van der Waals surface area contributed by atoms with Crippen molar-refractivity contribution in [2.45, 2.75) is 25.1 Å². The van der Waals surface area contributed by atoms with E-state index in [-0.39, 0.29) is 17.4 Å². The van der Waals surface area contributed by atoms with E-state index in [1.165, 1.54) is 29.2 Å². The van der Waals surface area contributed by atoms with Crippen LogP contribution in [-0.2, 0) is 4.79 Å². The molecule has 0 atom stereocenters. The number of benzene rings is 1. The number of carboxylic acid groups (broad SMARTS) is 1. The van der Waals surface area contributed by atoms with E-state index in [4.69, 9.17) is 5.11 Å². The molecule has 0 aliphatic heterocycles. The Bertz CT molecular complexity index is 552. The molecule has 1 N–H and O–H groups in total. The molecular formula is C14H14F3NO4. The lowest BCUT2D eigenvalue weighted by Crippen LogP contribution is -2.37. The molecular weight excluding hydrogens is 303 g/mol. The third-order valence-corrected chi connectivity index (χ3v) is 3.06. The van der Waals surface area contributed by atoms with Gasteiger partial charge < -0.3 is 14.7 Å². The minimum absolute atomic E-state index is 0.00918. The van der Waals surface area contributed by atoms with Gasteiger partial charge in [-0.25, -0.2) is 0 Å². The molecule has 2 rings (SSSR count). The van der Waals surface area contributed by atoms with Crippen LogP contribution in [-0.4, -0.2) is 47.3 Å². The zero-order valence-corrected chi connectivity index (χ0v) is 11.5. The largest absolute Gasteiger partial charge is 0.484 e.